The molecule has 6 heteroatoms. The molecule has 0 aliphatic carbocycles. The molecule has 102 valence electrons. The van der Waals surface area contributed by atoms with Crippen molar-refractivity contribution in [1.29, 1.82) is 0 Å². The molecule has 1 heterocycles. The van der Waals surface area contributed by atoms with Crippen LogP contribution in [0.3, 0.4) is 0 Å². The Labute approximate surface area is 109 Å². The molecular formula is C12H21N3O2S. The SMILES string of the molecule is CCC(CC)CNS(=O)(=O)c1cnccc1NC. The summed E-state index contributed by atoms with van der Waals surface area (Å²) < 4.78 is 27.0. The van der Waals surface area contributed by atoms with Crippen molar-refractivity contribution >= 4 is 15.7 Å². The lowest BCUT2D eigenvalue weighted by Crippen LogP contribution is -2.29. The van der Waals surface area contributed by atoms with Crippen molar-refractivity contribution in [2.45, 2.75) is 31.6 Å². The van der Waals surface area contributed by atoms with Crippen LogP contribution < -0.4 is 10.0 Å². The van der Waals surface area contributed by atoms with Crippen molar-refractivity contribution in [3.8, 4) is 0 Å². The normalized spacial score (nSPS) is 11.8. The molecule has 0 saturated heterocycles. The molecule has 0 aromatic carbocycles. The maximum Gasteiger partial charge on any atom is 0.244 e. The molecule has 0 bridgehead atoms. The van der Waals surface area contributed by atoms with Crippen LogP contribution in [-0.2, 0) is 10.0 Å². The van der Waals surface area contributed by atoms with Crippen molar-refractivity contribution in [2.75, 3.05) is 18.9 Å². The lowest BCUT2D eigenvalue weighted by atomic mass is 10.0. The molecule has 0 atom stereocenters. The van der Waals surface area contributed by atoms with Gasteiger partial charge in [-0.15, -0.1) is 0 Å². The Morgan fingerprint density at radius 3 is 2.56 bits per heavy atom. The molecule has 1 rings (SSSR count). The van der Waals surface area contributed by atoms with E-state index in [0.29, 0.717) is 18.2 Å². The third-order valence-corrected chi connectivity index (χ3v) is 4.51. The number of sulfonamides is 1. The summed E-state index contributed by atoms with van der Waals surface area (Å²) in [6.45, 7) is 4.59. The van der Waals surface area contributed by atoms with Crippen molar-refractivity contribution in [1.82, 2.24) is 9.71 Å². The van der Waals surface area contributed by atoms with Gasteiger partial charge in [-0.3, -0.25) is 4.98 Å². The first-order valence-electron chi connectivity index (χ1n) is 6.16. The number of hydrogen-bond donors (Lipinski definition) is 2. The highest BCUT2D eigenvalue weighted by Crippen LogP contribution is 2.19. The minimum atomic E-state index is -3.49. The van der Waals surface area contributed by atoms with E-state index in [2.05, 4.69) is 28.9 Å². The van der Waals surface area contributed by atoms with Crippen LogP contribution >= 0.6 is 0 Å². The molecule has 2 N–H and O–H groups in total. The Bertz CT molecular complexity index is 470. The minimum absolute atomic E-state index is 0.193. The van der Waals surface area contributed by atoms with Crippen LogP contribution in [0.1, 0.15) is 26.7 Å². The highest BCUT2D eigenvalue weighted by atomic mass is 32.2. The predicted molar refractivity (Wildman–Crippen MR) is 73.0 cm³/mol. The lowest BCUT2D eigenvalue weighted by Gasteiger charge is -2.15. The molecule has 0 radical (unpaired) electrons. The Kier molecular flexibility index (Phi) is 5.55. The van der Waals surface area contributed by atoms with Crippen molar-refractivity contribution < 1.29 is 8.42 Å². The standard InChI is InChI=1S/C12H21N3O2S/c1-4-10(5-2)8-15-18(16,17)12-9-14-7-6-11(12)13-3/h6-7,9-10,15H,4-5,8H2,1-3H3,(H,13,14). The average Bonchev–Trinajstić information content (AvgIpc) is 2.39. The molecule has 0 spiro atoms. The Morgan fingerprint density at radius 1 is 1.33 bits per heavy atom. The zero-order chi connectivity index (χ0) is 13.6. The fourth-order valence-corrected chi connectivity index (χ4v) is 2.95. The minimum Gasteiger partial charge on any atom is -0.387 e. The summed E-state index contributed by atoms with van der Waals surface area (Å²) in [7, 11) is -1.80. The number of nitrogens with zero attached hydrogens (tertiary/aromatic N) is 1. The molecule has 0 fully saturated rings. The van der Waals surface area contributed by atoms with Crippen LogP contribution in [0.15, 0.2) is 23.4 Å². The van der Waals surface area contributed by atoms with Crippen LogP contribution in [0.25, 0.3) is 0 Å². The molecule has 0 saturated carbocycles. The lowest BCUT2D eigenvalue weighted by molar-refractivity contribution is 0.479. The van der Waals surface area contributed by atoms with E-state index < -0.39 is 10.0 Å². The highest BCUT2D eigenvalue weighted by molar-refractivity contribution is 7.89. The topological polar surface area (TPSA) is 71.1 Å². The maximum absolute atomic E-state index is 12.2. The Balaban J connectivity index is 2.86. The van der Waals surface area contributed by atoms with Crippen LogP contribution in [-0.4, -0.2) is 27.0 Å². The maximum atomic E-state index is 12.2. The van der Waals surface area contributed by atoms with Crippen LogP contribution in [0, 0.1) is 5.92 Å². The van der Waals surface area contributed by atoms with Gasteiger partial charge in [0, 0.05) is 26.0 Å². The third kappa shape index (κ3) is 3.68. The average molecular weight is 271 g/mol. The van der Waals surface area contributed by atoms with E-state index in [9.17, 15) is 8.42 Å². The second-order valence-corrected chi connectivity index (χ2v) is 5.89. The van der Waals surface area contributed by atoms with Crippen molar-refractivity contribution in [3.05, 3.63) is 18.5 Å². The van der Waals surface area contributed by atoms with E-state index in [0.717, 1.165) is 12.8 Å². The van der Waals surface area contributed by atoms with Gasteiger partial charge < -0.3 is 5.32 Å². The fourth-order valence-electron chi connectivity index (χ4n) is 1.68. The Morgan fingerprint density at radius 2 is 2.00 bits per heavy atom. The first-order valence-corrected chi connectivity index (χ1v) is 7.64. The van der Waals surface area contributed by atoms with Gasteiger partial charge in [-0.05, 0) is 12.0 Å². The van der Waals surface area contributed by atoms with Crippen molar-refractivity contribution in [2.24, 2.45) is 5.92 Å². The molecule has 1 aromatic heterocycles. The van der Waals surface area contributed by atoms with Gasteiger partial charge in [-0.25, -0.2) is 13.1 Å². The van der Waals surface area contributed by atoms with Gasteiger partial charge in [0.25, 0.3) is 0 Å². The zero-order valence-electron chi connectivity index (χ0n) is 11.1. The first-order chi connectivity index (χ1) is 8.55. The van der Waals surface area contributed by atoms with Gasteiger partial charge in [0.1, 0.15) is 4.90 Å². The van der Waals surface area contributed by atoms with Gasteiger partial charge in [0.15, 0.2) is 0 Å². The van der Waals surface area contributed by atoms with Crippen LogP contribution in [0.5, 0.6) is 0 Å². The second-order valence-electron chi connectivity index (χ2n) is 4.16. The quantitative estimate of drug-likeness (QED) is 0.794. The first kappa shape index (κ1) is 14.9. The van der Waals surface area contributed by atoms with Gasteiger partial charge in [-0.1, -0.05) is 26.7 Å². The molecule has 1 aromatic rings. The van der Waals surface area contributed by atoms with Gasteiger partial charge in [0.05, 0.1) is 5.69 Å². The zero-order valence-corrected chi connectivity index (χ0v) is 11.9. The van der Waals surface area contributed by atoms with E-state index >= 15 is 0 Å². The summed E-state index contributed by atoms with van der Waals surface area (Å²) in [6, 6.07) is 1.64. The smallest absolute Gasteiger partial charge is 0.244 e. The number of nitrogens with one attached hydrogen (secondary N) is 2. The number of aromatic nitrogens is 1. The summed E-state index contributed by atoms with van der Waals surface area (Å²) in [5, 5.41) is 2.86. The molecule has 0 aliphatic heterocycles. The highest BCUT2D eigenvalue weighted by Gasteiger charge is 2.19. The van der Waals surface area contributed by atoms with Gasteiger partial charge in [0.2, 0.25) is 10.0 Å². The largest absolute Gasteiger partial charge is 0.387 e. The number of anilines is 1. The Hall–Kier alpha value is -1.14. The molecule has 5 nitrogen and oxygen atoms in total. The summed E-state index contributed by atoms with van der Waals surface area (Å²) in [5.74, 6) is 0.370. The summed E-state index contributed by atoms with van der Waals surface area (Å²) in [5.41, 5.74) is 0.557. The van der Waals surface area contributed by atoms with E-state index in [1.165, 1.54) is 6.20 Å². The predicted octanol–water partition coefficient (Wildman–Crippen LogP) is 1.84. The molecule has 0 amide bonds. The van der Waals surface area contributed by atoms with E-state index in [-0.39, 0.29) is 4.90 Å². The van der Waals surface area contributed by atoms with Crippen LogP contribution in [0.4, 0.5) is 5.69 Å². The molecule has 0 unspecified atom stereocenters. The monoisotopic (exact) mass is 271 g/mol. The third-order valence-electron chi connectivity index (χ3n) is 3.06. The molecule has 18 heavy (non-hydrogen) atoms. The number of rotatable bonds is 7. The fraction of sp³-hybridized carbons (Fsp3) is 0.583. The second kappa shape index (κ2) is 6.70. The summed E-state index contributed by atoms with van der Waals surface area (Å²) >= 11 is 0. The van der Waals surface area contributed by atoms with E-state index in [1.54, 1.807) is 19.3 Å². The van der Waals surface area contributed by atoms with E-state index in [4.69, 9.17) is 0 Å². The number of hydrogen-bond acceptors (Lipinski definition) is 4. The van der Waals surface area contributed by atoms with Crippen molar-refractivity contribution in [3.63, 3.8) is 0 Å². The summed E-state index contributed by atoms with van der Waals surface area (Å²) in [6.07, 6.45) is 4.85. The van der Waals surface area contributed by atoms with Crippen LogP contribution in [0.2, 0.25) is 0 Å². The molecular weight excluding hydrogens is 250 g/mol. The van der Waals surface area contributed by atoms with E-state index in [1.807, 2.05) is 0 Å². The number of pyridine rings is 1. The van der Waals surface area contributed by atoms with Gasteiger partial charge in [-0.2, -0.15) is 0 Å². The molecule has 0 aliphatic rings. The van der Waals surface area contributed by atoms with Gasteiger partial charge >= 0.3 is 0 Å². The summed E-state index contributed by atoms with van der Waals surface area (Å²) in [4.78, 5) is 4.06.